The number of carbonyl (C=O) groups excluding carboxylic acids is 1. The lowest BCUT2D eigenvalue weighted by molar-refractivity contribution is 0.0951. The predicted octanol–water partition coefficient (Wildman–Crippen LogP) is 8.18. The van der Waals surface area contributed by atoms with Gasteiger partial charge in [0.05, 0.1) is 0 Å². The number of aromatic amines is 1. The van der Waals surface area contributed by atoms with Crippen LogP contribution in [0.4, 0.5) is 0 Å². The van der Waals surface area contributed by atoms with Crippen molar-refractivity contribution in [3.8, 4) is 11.1 Å². The molecule has 1 aromatic heterocycles. The molecule has 3 aromatic rings. The highest BCUT2D eigenvalue weighted by Gasteiger charge is 2.27. The first-order valence-electron chi connectivity index (χ1n) is 11.8. The van der Waals surface area contributed by atoms with Gasteiger partial charge in [-0.05, 0) is 74.3 Å². The fourth-order valence-electron chi connectivity index (χ4n) is 4.93. The van der Waals surface area contributed by atoms with E-state index in [4.69, 9.17) is 0 Å². The van der Waals surface area contributed by atoms with Crippen LogP contribution in [0.25, 0.3) is 22.0 Å². The topological polar surface area (TPSA) is 57.2 Å². The number of hydrazone groups is 1. The summed E-state index contributed by atoms with van der Waals surface area (Å²) in [5, 5.41) is 5.24. The molecule has 2 N–H and O–H groups in total. The number of rotatable bonds is 6. The quantitative estimate of drug-likeness (QED) is 0.193. The second kappa shape index (κ2) is 10.1. The van der Waals surface area contributed by atoms with Crippen molar-refractivity contribution in [1.29, 1.82) is 0 Å². The summed E-state index contributed by atoms with van der Waals surface area (Å²) >= 11 is 3.55. The molecule has 1 heterocycles. The Kier molecular flexibility index (Phi) is 7.22. The van der Waals surface area contributed by atoms with Crippen LogP contribution in [0.15, 0.2) is 80.9 Å². The maximum absolute atomic E-state index is 13.1. The van der Waals surface area contributed by atoms with Crippen LogP contribution in [0.2, 0.25) is 0 Å². The standard InChI is InChI=1S/C29H32BrN3O/c1-19(12-14-24-20(2)9-8-16-29(24,3)4)18-31-33-28(34)27-26(21-10-6-5-7-11-21)23-17-22(30)13-15-25(23)32-27/h5-7,10-13,15,17-18,32H,8-9,14,16H2,1-4H3,(H,33,34)/b19-12-,31-18?. The molecule has 2 aromatic carbocycles. The third-order valence-electron chi connectivity index (χ3n) is 6.80. The average molecular weight is 518 g/mol. The van der Waals surface area contributed by atoms with E-state index in [1.807, 2.05) is 55.5 Å². The van der Waals surface area contributed by atoms with E-state index < -0.39 is 0 Å². The number of nitrogens with one attached hydrogen (secondary N) is 2. The van der Waals surface area contributed by atoms with Gasteiger partial charge in [-0.15, -0.1) is 0 Å². The van der Waals surface area contributed by atoms with Crippen LogP contribution in [0.3, 0.4) is 0 Å². The molecule has 4 rings (SSSR count). The van der Waals surface area contributed by atoms with Crippen LogP contribution in [0, 0.1) is 5.41 Å². The minimum Gasteiger partial charge on any atom is -0.350 e. The number of hydrogen-bond acceptors (Lipinski definition) is 2. The van der Waals surface area contributed by atoms with Gasteiger partial charge in [0.25, 0.3) is 5.91 Å². The highest BCUT2D eigenvalue weighted by molar-refractivity contribution is 9.10. The van der Waals surface area contributed by atoms with Crippen molar-refractivity contribution >= 4 is 39.0 Å². The SMILES string of the molecule is CC1=C(C/C=C(/C)C=NNC(=O)c2[nH]c3ccc(Br)cc3c2-c2ccccc2)C(C)(C)CCC1. The van der Waals surface area contributed by atoms with Gasteiger partial charge in [-0.1, -0.05) is 77.3 Å². The van der Waals surface area contributed by atoms with Crippen LogP contribution >= 0.6 is 15.9 Å². The summed E-state index contributed by atoms with van der Waals surface area (Å²) in [7, 11) is 0. The van der Waals surface area contributed by atoms with E-state index in [0.717, 1.165) is 38.5 Å². The van der Waals surface area contributed by atoms with Crippen molar-refractivity contribution in [2.75, 3.05) is 0 Å². The van der Waals surface area contributed by atoms with Gasteiger partial charge in [0.1, 0.15) is 5.69 Å². The second-order valence-corrected chi connectivity index (χ2v) is 10.7. The van der Waals surface area contributed by atoms with Gasteiger partial charge in [-0.25, -0.2) is 5.43 Å². The van der Waals surface area contributed by atoms with E-state index in [9.17, 15) is 4.79 Å². The Morgan fingerprint density at radius 3 is 2.71 bits per heavy atom. The average Bonchev–Trinajstić information content (AvgIpc) is 3.17. The molecular weight excluding hydrogens is 486 g/mol. The van der Waals surface area contributed by atoms with Gasteiger partial charge in [0, 0.05) is 27.2 Å². The second-order valence-electron chi connectivity index (χ2n) is 9.78. The van der Waals surface area contributed by atoms with E-state index >= 15 is 0 Å². The van der Waals surface area contributed by atoms with Crippen molar-refractivity contribution in [2.45, 2.75) is 53.4 Å². The van der Waals surface area contributed by atoms with Gasteiger partial charge < -0.3 is 4.98 Å². The summed E-state index contributed by atoms with van der Waals surface area (Å²) < 4.78 is 0.966. The van der Waals surface area contributed by atoms with E-state index in [2.05, 4.69) is 58.3 Å². The van der Waals surface area contributed by atoms with Crippen LogP contribution in [0.1, 0.15) is 63.9 Å². The molecule has 1 aliphatic rings. The number of fused-ring (bicyclic) bond motifs is 1. The van der Waals surface area contributed by atoms with Crippen molar-refractivity contribution in [2.24, 2.45) is 10.5 Å². The molecule has 1 amide bonds. The van der Waals surface area contributed by atoms with Crippen LogP contribution in [0.5, 0.6) is 0 Å². The zero-order valence-corrected chi connectivity index (χ0v) is 21.9. The zero-order chi connectivity index (χ0) is 24.3. The van der Waals surface area contributed by atoms with Crippen LogP contribution < -0.4 is 5.43 Å². The molecule has 1 aliphatic carbocycles. The van der Waals surface area contributed by atoms with Crippen molar-refractivity contribution < 1.29 is 4.79 Å². The molecule has 0 saturated heterocycles. The summed E-state index contributed by atoms with van der Waals surface area (Å²) in [5.74, 6) is -0.262. The minimum absolute atomic E-state index is 0.253. The molecule has 0 aliphatic heterocycles. The van der Waals surface area contributed by atoms with Crippen LogP contribution in [-0.4, -0.2) is 17.1 Å². The lowest BCUT2D eigenvalue weighted by atomic mass is 9.71. The lowest BCUT2D eigenvalue weighted by Gasteiger charge is -2.34. The first-order valence-corrected chi connectivity index (χ1v) is 12.6. The number of hydrogen-bond donors (Lipinski definition) is 2. The highest BCUT2D eigenvalue weighted by Crippen LogP contribution is 2.42. The molecule has 0 unspecified atom stereocenters. The van der Waals surface area contributed by atoms with Crippen molar-refractivity contribution in [3.63, 3.8) is 0 Å². The molecule has 176 valence electrons. The summed E-state index contributed by atoms with van der Waals surface area (Å²) in [4.78, 5) is 16.4. The largest absolute Gasteiger partial charge is 0.350 e. The molecule has 4 nitrogen and oxygen atoms in total. The number of carbonyl (C=O) groups is 1. The van der Waals surface area contributed by atoms with Gasteiger partial charge in [-0.3, -0.25) is 4.79 Å². The summed E-state index contributed by atoms with van der Waals surface area (Å²) in [6.07, 6.45) is 8.57. The molecule has 34 heavy (non-hydrogen) atoms. The minimum atomic E-state index is -0.262. The summed E-state index contributed by atoms with van der Waals surface area (Å²) in [6.45, 7) is 8.96. The molecule has 0 atom stereocenters. The first kappa shape index (κ1) is 24.2. The third-order valence-corrected chi connectivity index (χ3v) is 7.29. The molecule has 0 bridgehead atoms. The zero-order valence-electron chi connectivity index (χ0n) is 20.3. The monoisotopic (exact) mass is 517 g/mol. The third kappa shape index (κ3) is 5.25. The lowest BCUT2D eigenvalue weighted by Crippen LogP contribution is -2.20. The van der Waals surface area contributed by atoms with Gasteiger partial charge >= 0.3 is 0 Å². The van der Waals surface area contributed by atoms with E-state index in [0.29, 0.717) is 5.69 Å². The molecule has 0 saturated carbocycles. The number of halogens is 1. The van der Waals surface area contributed by atoms with Gasteiger partial charge in [-0.2, -0.15) is 5.10 Å². The highest BCUT2D eigenvalue weighted by atomic mass is 79.9. The summed E-state index contributed by atoms with van der Waals surface area (Å²) in [6, 6.07) is 15.9. The Bertz CT molecular complexity index is 1300. The molecule has 5 heteroatoms. The van der Waals surface area contributed by atoms with Crippen molar-refractivity contribution in [3.05, 3.63) is 81.5 Å². The number of amides is 1. The number of nitrogens with zero attached hydrogens (tertiary/aromatic N) is 1. The fraction of sp³-hybridized carbons (Fsp3) is 0.310. The number of H-pyrrole nitrogens is 1. The van der Waals surface area contributed by atoms with E-state index in [1.54, 1.807) is 6.21 Å². The fourth-order valence-corrected chi connectivity index (χ4v) is 5.29. The van der Waals surface area contributed by atoms with Gasteiger partial charge in [0.15, 0.2) is 0 Å². The maximum Gasteiger partial charge on any atom is 0.288 e. The first-order chi connectivity index (χ1) is 16.3. The molecule has 0 radical (unpaired) electrons. The van der Waals surface area contributed by atoms with E-state index in [-0.39, 0.29) is 11.3 Å². The normalized spacial score (nSPS) is 16.4. The number of aromatic nitrogens is 1. The van der Waals surface area contributed by atoms with Crippen molar-refractivity contribution in [1.82, 2.24) is 10.4 Å². The number of allylic oxidation sites excluding steroid dienone is 4. The predicted molar refractivity (Wildman–Crippen MR) is 146 cm³/mol. The molecular formula is C29H32BrN3O. The van der Waals surface area contributed by atoms with E-state index in [1.165, 1.54) is 30.4 Å². The smallest absolute Gasteiger partial charge is 0.288 e. The van der Waals surface area contributed by atoms with Crippen LogP contribution in [-0.2, 0) is 0 Å². The molecule has 0 spiro atoms. The Balaban J connectivity index is 1.53. The summed E-state index contributed by atoms with van der Waals surface area (Å²) in [5.41, 5.74) is 10.3. The Morgan fingerprint density at radius 2 is 1.97 bits per heavy atom. The Hall–Kier alpha value is -2.92. The number of benzene rings is 2. The maximum atomic E-state index is 13.1. The molecule has 0 fully saturated rings. The van der Waals surface area contributed by atoms with Gasteiger partial charge in [0.2, 0.25) is 0 Å². The Morgan fingerprint density at radius 1 is 1.21 bits per heavy atom. The Labute approximate surface area is 210 Å².